The lowest BCUT2D eigenvalue weighted by Crippen LogP contribution is -2.30. The number of carbonyl (C=O) groups is 1. The Bertz CT molecular complexity index is 1190. The molecule has 3 rings (SSSR count). The lowest BCUT2D eigenvalue weighted by molar-refractivity contribution is -0.0686. The van der Waals surface area contributed by atoms with E-state index < -0.39 is 40.4 Å². The summed E-state index contributed by atoms with van der Waals surface area (Å²) in [6.45, 7) is 4.12. The minimum Gasteiger partial charge on any atom is -0.345 e. The number of carbonyl (C=O) groups excluding carboxylic acids is 1. The number of amides is 1. The summed E-state index contributed by atoms with van der Waals surface area (Å²) in [7, 11) is -3.86. The third-order valence-electron chi connectivity index (χ3n) is 5.31. The van der Waals surface area contributed by atoms with E-state index in [1.54, 1.807) is 19.1 Å². The predicted octanol–water partition coefficient (Wildman–Crippen LogP) is 5.07. The van der Waals surface area contributed by atoms with E-state index in [0.717, 1.165) is 31.2 Å². The van der Waals surface area contributed by atoms with Crippen LogP contribution in [-0.2, 0) is 20.9 Å². The molecule has 0 saturated heterocycles. The molecule has 178 valence electrons. The number of benzene rings is 2. The zero-order valence-electron chi connectivity index (χ0n) is 18.0. The molecule has 0 aromatic heterocycles. The van der Waals surface area contributed by atoms with E-state index in [4.69, 9.17) is 0 Å². The van der Waals surface area contributed by atoms with E-state index in [2.05, 4.69) is 16.1 Å². The SMILES string of the molecule is C=C(c1cc(COS(C)(=O)=O)cc(C(=O)NC(c2ccc(F)c(C)c2)C2CC2)c1)C(F)(F)F. The summed E-state index contributed by atoms with van der Waals surface area (Å²) in [6.07, 6.45) is -2.24. The molecule has 0 spiro atoms. The van der Waals surface area contributed by atoms with Crippen molar-refractivity contribution in [1.82, 2.24) is 5.32 Å². The van der Waals surface area contributed by atoms with Gasteiger partial charge in [0.1, 0.15) is 5.82 Å². The fourth-order valence-electron chi connectivity index (χ4n) is 3.41. The van der Waals surface area contributed by atoms with Crippen molar-refractivity contribution < 1.29 is 35.0 Å². The number of aryl methyl sites for hydroxylation is 1. The third-order valence-corrected chi connectivity index (χ3v) is 5.85. The quantitative estimate of drug-likeness (QED) is 0.419. The van der Waals surface area contributed by atoms with Gasteiger partial charge < -0.3 is 5.32 Å². The normalized spacial score (nSPS) is 15.2. The van der Waals surface area contributed by atoms with Crippen molar-refractivity contribution >= 4 is 21.6 Å². The highest BCUT2D eigenvalue weighted by Gasteiger charge is 2.35. The fourth-order valence-corrected chi connectivity index (χ4v) is 3.76. The van der Waals surface area contributed by atoms with Crippen LogP contribution in [0.25, 0.3) is 5.57 Å². The van der Waals surface area contributed by atoms with Gasteiger partial charge in [-0.1, -0.05) is 18.7 Å². The summed E-state index contributed by atoms with van der Waals surface area (Å²) >= 11 is 0. The molecule has 10 heteroatoms. The maximum absolute atomic E-state index is 13.7. The van der Waals surface area contributed by atoms with Gasteiger partial charge in [-0.15, -0.1) is 0 Å². The number of allylic oxidation sites excluding steroid dienone is 1. The van der Waals surface area contributed by atoms with Gasteiger partial charge in [0.25, 0.3) is 16.0 Å². The standard InChI is InChI=1S/C23H23F4NO4S/c1-13-8-17(6-7-20(13)24)21(16-4-5-16)28-22(29)19-10-15(12-32-33(3,30)31)9-18(11-19)14(2)23(25,26)27/h6-11,16,21H,2,4-5,12H2,1,3H3,(H,28,29). The van der Waals surface area contributed by atoms with Crippen LogP contribution in [0, 0.1) is 18.7 Å². The number of hydrogen-bond acceptors (Lipinski definition) is 4. The van der Waals surface area contributed by atoms with Gasteiger partial charge in [-0.2, -0.15) is 21.6 Å². The molecule has 0 radical (unpaired) electrons. The molecule has 2 aromatic carbocycles. The molecule has 1 unspecified atom stereocenters. The van der Waals surface area contributed by atoms with Crippen LogP contribution in [0.4, 0.5) is 17.6 Å². The van der Waals surface area contributed by atoms with E-state index in [9.17, 15) is 30.8 Å². The Hall–Kier alpha value is -2.72. The van der Waals surface area contributed by atoms with Gasteiger partial charge in [-0.25, -0.2) is 4.39 Å². The molecule has 2 aromatic rings. The van der Waals surface area contributed by atoms with Gasteiger partial charge in [0.15, 0.2) is 0 Å². The van der Waals surface area contributed by atoms with Gasteiger partial charge >= 0.3 is 6.18 Å². The average Bonchev–Trinajstić information content (AvgIpc) is 3.55. The van der Waals surface area contributed by atoms with Crippen molar-refractivity contribution in [3.05, 3.63) is 76.6 Å². The topological polar surface area (TPSA) is 72.5 Å². The highest BCUT2D eigenvalue weighted by atomic mass is 32.2. The van der Waals surface area contributed by atoms with Crippen molar-refractivity contribution in [3.63, 3.8) is 0 Å². The molecular weight excluding hydrogens is 462 g/mol. The second-order valence-corrected chi connectivity index (χ2v) is 9.80. The van der Waals surface area contributed by atoms with Crippen molar-refractivity contribution in [1.29, 1.82) is 0 Å². The molecule has 0 heterocycles. The molecule has 1 N–H and O–H groups in total. The monoisotopic (exact) mass is 485 g/mol. The molecule has 0 bridgehead atoms. The number of nitrogens with one attached hydrogen (secondary N) is 1. The Morgan fingerprint density at radius 2 is 1.82 bits per heavy atom. The zero-order chi connectivity index (χ0) is 24.6. The maximum atomic E-state index is 13.7. The summed E-state index contributed by atoms with van der Waals surface area (Å²) in [5.41, 5.74) is -0.477. The average molecular weight is 485 g/mol. The molecule has 1 saturated carbocycles. The summed E-state index contributed by atoms with van der Waals surface area (Å²) < 4.78 is 80.7. The van der Waals surface area contributed by atoms with E-state index >= 15 is 0 Å². The second kappa shape index (κ2) is 9.26. The minimum absolute atomic E-state index is 0.0640. The van der Waals surface area contributed by atoms with Crippen LogP contribution in [0.5, 0.6) is 0 Å². The molecule has 1 aliphatic rings. The molecule has 33 heavy (non-hydrogen) atoms. The first-order valence-corrected chi connectivity index (χ1v) is 11.9. The molecule has 0 aliphatic heterocycles. The fraction of sp³-hybridized carbons (Fsp3) is 0.348. The molecule has 1 amide bonds. The summed E-state index contributed by atoms with van der Waals surface area (Å²) in [5, 5.41) is 2.83. The lowest BCUT2D eigenvalue weighted by Gasteiger charge is -2.20. The second-order valence-electron chi connectivity index (χ2n) is 8.16. The van der Waals surface area contributed by atoms with Crippen molar-refractivity contribution in [2.45, 2.75) is 38.6 Å². The van der Waals surface area contributed by atoms with Crippen LogP contribution in [0.3, 0.4) is 0 Å². The number of hydrogen-bond donors (Lipinski definition) is 1. The van der Waals surface area contributed by atoms with Crippen molar-refractivity contribution in [3.8, 4) is 0 Å². The summed E-state index contributed by atoms with van der Waals surface area (Å²) in [5.74, 6) is -0.903. The number of alkyl halides is 3. The Morgan fingerprint density at radius 3 is 2.36 bits per heavy atom. The molecule has 1 atom stereocenters. The highest BCUT2D eigenvalue weighted by Crippen LogP contribution is 2.41. The van der Waals surface area contributed by atoms with Crippen LogP contribution < -0.4 is 5.32 Å². The molecule has 5 nitrogen and oxygen atoms in total. The van der Waals surface area contributed by atoms with Gasteiger partial charge in [0, 0.05) is 5.56 Å². The zero-order valence-corrected chi connectivity index (χ0v) is 18.8. The Balaban J connectivity index is 1.94. The third kappa shape index (κ3) is 6.64. The van der Waals surface area contributed by atoms with Crippen LogP contribution in [0.15, 0.2) is 43.0 Å². The first kappa shape index (κ1) is 24.9. The van der Waals surface area contributed by atoms with E-state index in [0.29, 0.717) is 11.1 Å². The van der Waals surface area contributed by atoms with Crippen molar-refractivity contribution in [2.75, 3.05) is 6.26 Å². The van der Waals surface area contributed by atoms with Crippen LogP contribution >= 0.6 is 0 Å². The van der Waals surface area contributed by atoms with E-state index in [1.165, 1.54) is 12.1 Å². The Kier molecular flexibility index (Phi) is 6.99. The first-order valence-electron chi connectivity index (χ1n) is 10.1. The van der Waals surface area contributed by atoms with Crippen LogP contribution in [0.1, 0.15) is 51.5 Å². The Labute approximate surface area is 189 Å². The number of halogens is 4. The smallest absolute Gasteiger partial charge is 0.345 e. The van der Waals surface area contributed by atoms with Gasteiger partial charge in [0.2, 0.25) is 0 Å². The Morgan fingerprint density at radius 1 is 1.18 bits per heavy atom. The summed E-state index contributed by atoms with van der Waals surface area (Å²) in [6, 6.07) is 7.47. The lowest BCUT2D eigenvalue weighted by atomic mass is 9.97. The molecule has 1 aliphatic carbocycles. The van der Waals surface area contributed by atoms with E-state index in [1.807, 2.05) is 0 Å². The maximum Gasteiger partial charge on any atom is 0.416 e. The largest absolute Gasteiger partial charge is 0.416 e. The van der Waals surface area contributed by atoms with Crippen molar-refractivity contribution in [2.24, 2.45) is 5.92 Å². The minimum atomic E-state index is -4.74. The van der Waals surface area contributed by atoms with Gasteiger partial charge in [-0.3, -0.25) is 8.98 Å². The van der Waals surface area contributed by atoms with E-state index in [-0.39, 0.29) is 28.4 Å². The first-order chi connectivity index (χ1) is 15.2. The van der Waals surface area contributed by atoms with Crippen LogP contribution in [-0.4, -0.2) is 26.8 Å². The summed E-state index contributed by atoms with van der Waals surface area (Å²) in [4.78, 5) is 13.0. The predicted molar refractivity (Wildman–Crippen MR) is 115 cm³/mol. The van der Waals surface area contributed by atoms with Gasteiger partial charge in [-0.05, 0) is 72.2 Å². The highest BCUT2D eigenvalue weighted by molar-refractivity contribution is 7.85. The molecular formula is C23H23F4NO4S. The number of rotatable bonds is 8. The van der Waals surface area contributed by atoms with Crippen LogP contribution in [0.2, 0.25) is 0 Å². The van der Waals surface area contributed by atoms with Gasteiger partial charge in [0.05, 0.1) is 24.5 Å². The molecule has 1 fully saturated rings.